The second kappa shape index (κ2) is 12.4. The lowest BCUT2D eigenvalue weighted by Gasteiger charge is -2.36. The normalized spacial score (nSPS) is 16.9. The molecular weight excluding hydrogens is 494 g/mol. The van der Waals surface area contributed by atoms with Crippen molar-refractivity contribution < 1.29 is 22.7 Å². The van der Waals surface area contributed by atoms with Crippen molar-refractivity contribution in [3.8, 4) is 11.8 Å². The molecular formula is C26H33N5O5S. The van der Waals surface area contributed by atoms with Crippen molar-refractivity contribution in [2.45, 2.75) is 11.3 Å². The minimum absolute atomic E-state index is 0.0892. The summed E-state index contributed by atoms with van der Waals surface area (Å²) in [5.41, 5.74) is 1.73. The van der Waals surface area contributed by atoms with Crippen molar-refractivity contribution in [1.82, 2.24) is 14.5 Å². The van der Waals surface area contributed by atoms with Gasteiger partial charge >= 0.3 is 0 Å². The summed E-state index contributed by atoms with van der Waals surface area (Å²) in [6, 6.07) is 13.5. The van der Waals surface area contributed by atoms with Gasteiger partial charge in [0.2, 0.25) is 10.0 Å². The molecule has 0 saturated carbocycles. The zero-order valence-corrected chi connectivity index (χ0v) is 21.9. The largest absolute Gasteiger partial charge is 0.495 e. The third kappa shape index (κ3) is 6.78. The predicted molar refractivity (Wildman–Crippen MR) is 139 cm³/mol. The first-order chi connectivity index (χ1) is 17.9. The van der Waals surface area contributed by atoms with E-state index in [-0.39, 0.29) is 10.8 Å². The van der Waals surface area contributed by atoms with Gasteiger partial charge < -0.3 is 19.3 Å². The molecule has 2 aromatic carbocycles. The number of sulfonamides is 1. The molecule has 1 amide bonds. The van der Waals surface area contributed by atoms with Crippen LogP contribution in [0.5, 0.6) is 5.75 Å². The van der Waals surface area contributed by atoms with E-state index in [1.165, 1.54) is 0 Å². The average molecular weight is 528 g/mol. The Bertz CT molecular complexity index is 1210. The first kappa shape index (κ1) is 26.9. The Labute approximate surface area is 218 Å². The molecule has 2 heterocycles. The Balaban J connectivity index is 1.36. The summed E-state index contributed by atoms with van der Waals surface area (Å²) in [7, 11) is -2.12. The van der Waals surface area contributed by atoms with Crippen LogP contribution in [0.25, 0.3) is 0 Å². The smallest absolute Gasteiger partial charge is 0.253 e. The molecule has 0 aromatic heterocycles. The lowest BCUT2D eigenvalue weighted by atomic mass is 10.1. The summed E-state index contributed by atoms with van der Waals surface area (Å²) >= 11 is 0. The maximum atomic E-state index is 13.0. The minimum Gasteiger partial charge on any atom is -0.495 e. The van der Waals surface area contributed by atoms with Gasteiger partial charge in [0.15, 0.2) is 0 Å². The van der Waals surface area contributed by atoms with Crippen molar-refractivity contribution in [3.05, 3.63) is 53.6 Å². The number of piperazine rings is 1. The van der Waals surface area contributed by atoms with E-state index in [0.717, 1.165) is 39.3 Å². The molecule has 37 heavy (non-hydrogen) atoms. The number of nitrogens with zero attached hydrogens (tertiary/aromatic N) is 4. The van der Waals surface area contributed by atoms with Gasteiger partial charge in [-0.3, -0.25) is 9.69 Å². The van der Waals surface area contributed by atoms with Crippen LogP contribution in [-0.4, -0.2) is 96.8 Å². The summed E-state index contributed by atoms with van der Waals surface area (Å²) in [6.45, 7) is 6.42. The maximum absolute atomic E-state index is 13.0. The van der Waals surface area contributed by atoms with Gasteiger partial charge in [0.1, 0.15) is 5.75 Å². The van der Waals surface area contributed by atoms with E-state index >= 15 is 0 Å². The van der Waals surface area contributed by atoms with Crippen molar-refractivity contribution in [1.29, 1.82) is 5.26 Å². The molecule has 0 aliphatic carbocycles. The molecule has 2 aliphatic rings. The molecule has 2 saturated heterocycles. The molecule has 0 spiro atoms. The van der Waals surface area contributed by atoms with Crippen LogP contribution in [-0.2, 0) is 14.8 Å². The number of hydrogen-bond acceptors (Lipinski definition) is 8. The van der Waals surface area contributed by atoms with E-state index in [4.69, 9.17) is 14.7 Å². The van der Waals surface area contributed by atoms with Crippen molar-refractivity contribution >= 4 is 21.6 Å². The Morgan fingerprint density at radius 2 is 1.76 bits per heavy atom. The number of amides is 1. The molecule has 2 aliphatic heterocycles. The van der Waals surface area contributed by atoms with E-state index in [0.29, 0.717) is 55.3 Å². The SMILES string of the molecule is COc1ccc(S(=O)(=O)NCCCN2CCOCC2)cc1N1CCN(C(=O)c2ccc(C#N)cc2)CC1. The number of hydrogen-bond donors (Lipinski definition) is 1. The van der Waals surface area contributed by atoms with E-state index in [9.17, 15) is 13.2 Å². The Kier molecular flexibility index (Phi) is 9.00. The minimum atomic E-state index is -3.68. The van der Waals surface area contributed by atoms with Crippen LogP contribution in [0.4, 0.5) is 5.69 Å². The molecule has 11 heteroatoms. The van der Waals surface area contributed by atoms with Gasteiger partial charge in [0, 0.05) is 51.4 Å². The summed E-state index contributed by atoms with van der Waals surface area (Å²) in [6.07, 6.45) is 0.720. The first-order valence-corrected chi connectivity index (χ1v) is 13.9. The lowest BCUT2D eigenvalue weighted by Crippen LogP contribution is -2.49. The van der Waals surface area contributed by atoms with E-state index in [2.05, 4.69) is 15.7 Å². The molecule has 2 aromatic rings. The molecule has 4 rings (SSSR count). The predicted octanol–water partition coefficient (Wildman–Crippen LogP) is 1.53. The molecule has 1 N–H and O–H groups in total. The van der Waals surface area contributed by atoms with Gasteiger partial charge in [-0.2, -0.15) is 5.26 Å². The fourth-order valence-electron chi connectivity index (χ4n) is 4.52. The van der Waals surface area contributed by atoms with Crippen molar-refractivity contribution in [3.63, 3.8) is 0 Å². The molecule has 2 fully saturated rings. The van der Waals surface area contributed by atoms with Gasteiger partial charge in [0.05, 0.1) is 42.5 Å². The third-order valence-corrected chi connectivity index (χ3v) is 8.13. The summed E-state index contributed by atoms with van der Waals surface area (Å²) < 4.78 is 39.5. The van der Waals surface area contributed by atoms with Crippen molar-refractivity contribution in [2.24, 2.45) is 0 Å². The zero-order chi connectivity index (χ0) is 26.3. The summed E-state index contributed by atoms with van der Waals surface area (Å²) in [5, 5.41) is 8.96. The highest BCUT2D eigenvalue weighted by Crippen LogP contribution is 2.32. The molecule has 10 nitrogen and oxygen atoms in total. The highest BCUT2D eigenvalue weighted by Gasteiger charge is 2.25. The summed E-state index contributed by atoms with van der Waals surface area (Å²) in [5.74, 6) is 0.492. The molecule has 198 valence electrons. The number of ether oxygens (including phenoxy) is 2. The standard InChI is InChI=1S/C26H33N5O5S/c1-35-25-8-7-23(37(33,34)28-9-2-10-29-15-17-36-18-16-29)19-24(25)30-11-13-31(14-12-30)26(32)22-5-3-21(20-27)4-6-22/h3-8,19,28H,2,9-18H2,1H3. The van der Waals surface area contributed by atoms with Crippen LogP contribution in [0.15, 0.2) is 47.4 Å². The Morgan fingerprint density at radius 3 is 2.41 bits per heavy atom. The number of carbonyl (C=O) groups excluding carboxylic acids is 1. The fourth-order valence-corrected chi connectivity index (χ4v) is 5.62. The quantitative estimate of drug-likeness (QED) is 0.489. The van der Waals surface area contributed by atoms with E-state index in [1.54, 1.807) is 54.5 Å². The number of anilines is 1. The number of rotatable bonds is 9. The lowest BCUT2D eigenvalue weighted by molar-refractivity contribution is 0.0376. The van der Waals surface area contributed by atoms with Gasteiger partial charge in [0.25, 0.3) is 5.91 Å². The number of nitrogens with one attached hydrogen (secondary N) is 1. The van der Waals surface area contributed by atoms with Crippen LogP contribution in [0.1, 0.15) is 22.3 Å². The fraction of sp³-hybridized carbons (Fsp3) is 0.462. The van der Waals surface area contributed by atoms with Gasteiger partial charge in [-0.15, -0.1) is 0 Å². The highest BCUT2D eigenvalue weighted by atomic mass is 32.2. The first-order valence-electron chi connectivity index (χ1n) is 12.4. The molecule has 0 radical (unpaired) electrons. The maximum Gasteiger partial charge on any atom is 0.253 e. The zero-order valence-electron chi connectivity index (χ0n) is 21.1. The molecule has 0 atom stereocenters. The molecule has 0 unspecified atom stereocenters. The van der Waals surface area contributed by atoms with Crippen LogP contribution in [0.2, 0.25) is 0 Å². The number of benzene rings is 2. The number of methoxy groups -OCH3 is 1. The van der Waals surface area contributed by atoms with Crippen LogP contribution < -0.4 is 14.4 Å². The number of nitriles is 1. The second-order valence-electron chi connectivity index (χ2n) is 9.01. The Morgan fingerprint density at radius 1 is 1.05 bits per heavy atom. The second-order valence-corrected chi connectivity index (χ2v) is 10.8. The van der Waals surface area contributed by atoms with Gasteiger partial charge in [-0.25, -0.2) is 13.1 Å². The van der Waals surface area contributed by atoms with Crippen LogP contribution in [0, 0.1) is 11.3 Å². The third-order valence-electron chi connectivity index (χ3n) is 6.68. The summed E-state index contributed by atoms with van der Waals surface area (Å²) in [4.78, 5) is 19.1. The van der Waals surface area contributed by atoms with E-state index in [1.807, 2.05) is 4.90 Å². The monoisotopic (exact) mass is 527 g/mol. The van der Waals surface area contributed by atoms with E-state index < -0.39 is 10.0 Å². The van der Waals surface area contributed by atoms with Crippen molar-refractivity contribution in [2.75, 3.05) is 77.6 Å². The van der Waals surface area contributed by atoms with Crippen LogP contribution in [0.3, 0.4) is 0 Å². The Hall–Kier alpha value is -3.17. The van der Waals surface area contributed by atoms with Gasteiger partial charge in [-0.05, 0) is 55.4 Å². The van der Waals surface area contributed by atoms with Crippen LogP contribution >= 0.6 is 0 Å². The van der Waals surface area contributed by atoms with Gasteiger partial charge in [-0.1, -0.05) is 0 Å². The topological polar surface area (TPSA) is 115 Å². The number of carbonyl (C=O) groups is 1. The highest BCUT2D eigenvalue weighted by molar-refractivity contribution is 7.89. The average Bonchev–Trinajstić information content (AvgIpc) is 2.95. The number of morpholine rings is 1. The molecule has 0 bridgehead atoms.